The fourth-order valence-corrected chi connectivity index (χ4v) is 2.86. The van der Waals surface area contributed by atoms with Crippen molar-refractivity contribution in [3.63, 3.8) is 0 Å². The molecule has 2 aliphatic heterocycles. The van der Waals surface area contributed by atoms with Crippen molar-refractivity contribution in [2.24, 2.45) is 0 Å². The molecular weight excluding hydrogens is 266 g/mol. The van der Waals surface area contributed by atoms with Gasteiger partial charge in [0, 0.05) is 12.2 Å². The molecule has 0 aliphatic carbocycles. The molecule has 0 saturated heterocycles. The molecule has 5 nitrogen and oxygen atoms in total. The maximum atomic E-state index is 5.99. The topological polar surface area (TPSA) is 56.3 Å². The Kier molecular flexibility index (Phi) is 3.00. The zero-order valence-corrected chi connectivity index (χ0v) is 11.9. The van der Waals surface area contributed by atoms with Crippen LogP contribution in [0.3, 0.4) is 0 Å². The van der Waals surface area contributed by atoms with Gasteiger partial charge in [-0.1, -0.05) is 12.1 Å². The van der Waals surface area contributed by atoms with E-state index < -0.39 is 0 Å². The lowest BCUT2D eigenvalue weighted by molar-refractivity contribution is 0.0846. The van der Waals surface area contributed by atoms with Gasteiger partial charge in [0.05, 0.1) is 5.69 Å². The summed E-state index contributed by atoms with van der Waals surface area (Å²) >= 11 is 0. The molecule has 1 aromatic heterocycles. The van der Waals surface area contributed by atoms with Crippen molar-refractivity contribution in [3.8, 4) is 11.5 Å². The molecule has 108 valence electrons. The van der Waals surface area contributed by atoms with E-state index in [2.05, 4.69) is 10.3 Å². The molecule has 0 radical (unpaired) electrons. The molecule has 1 N–H and O–H groups in total. The molecule has 5 heteroatoms. The second-order valence-electron chi connectivity index (χ2n) is 5.38. The van der Waals surface area contributed by atoms with Gasteiger partial charge in [0.25, 0.3) is 0 Å². The Hall–Kier alpha value is -2.14. The summed E-state index contributed by atoms with van der Waals surface area (Å²) in [5, 5.41) is 3.35. The third kappa shape index (κ3) is 2.23. The number of fused-ring (bicyclic) bond motifs is 2. The molecule has 1 aromatic carbocycles. The van der Waals surface area contributed by atoms with E-state index in [1.54, 1.807) is 0 Å². The highest BCUT2D eigenvalue weighted by atomic mass is 16.6. The molecule has 0 saturated carbocycles. The second-order valence-corrected chi connectivity index (χ2v) is 5.38. The summed E-state index contributed by atoms with van der Waals surface area (Å²) in [6, 6.07) is 7.70. The number of aryl methyl sites for hydroxylation is 1. The van der Waals surface area contributed by atoms with Gasteiger partial charge in [-0.25, -0.2) is 9.97 Å². The minimum absolute atomic E-state index is 0.245. The molecule has 2 aromatic rings. The Balaban J connectivity index is 1.67. The van der Waals surface area contributed by atoms with Crippen molar-refractivity contribution in [3.05, 3.63) is 47.0 Å². The van der Waals surface area contributed by atoms with Crippen LogP contribution in [0.15, 0.2) is 24.3 Å². The van der Waals surface area contributed by atoms with Crippen molar-refractivity contribution in [1.29, 1.82) is 0 Å². The monoisotopic (exact) mass is 283 g/mol. The van der Waals surface area contributed by atoms with E-state index in [-0.39, 0.29) is 6.10 Å². The van der Waals surface area contributed by atoms with Gasteiger partial charge in [0.2, 0.25) is 0 Å². The van der Waals surface area contributed by atoms with E-state index in [1.807, 2.05) is 31.2 Å². The number of nitrogens with one attached hydrogen (secondary N) is 1. The predicted octanol–water partition coefficient (Wildman–Crippen LogP) is 1.94. The van der Waals surface area contributed by atoms with Crippen molar-refractivity contribution in [1.82, 2.24) is 15.3 Å². The minimum atomic E-state index is -0.245. The summed E-state index contributed by atoms with van der Waals surface area (Å²) in [6.45, 7) is 4.29. The van der Waals surface area contributed by atoms with Crippen LogP contribution in [0.5, 0.6) is 11.5 Å². The summed E-state index contributed by atoms with van der Waals surface area (Å²) in [7, 11) is 0. The smallest absolute Gasteiger partial charge is 0.192 e. The summed E-state index contributed by atoms with van der Waals surface area (Å²) in [5.74, 6) is 2.25. The van der Waals surface area contributed by atoms with E-state index in [0.29, 0.717) is 12.4 Å². The van der Waals surface area contributed by atoms with Gasteiger partial charge < -0.3 is 14.8 Å². The average molecular weight is 283 g/mol. The van der Waals surface area contributed by atoms with E-state index in [9.17, 15) is 0 Å². The molecule has 1 atom stereocenters. The van der Waals surface area contributed by atoms with Crippen LogP contribution in [0.4, 0.5) is 0 Å². The summed E-state index contributed by atoms with van der Waals surface area (Å²) in [6.07, 6.45) is 0.748. The van der Waals surface area contributed by atoms with Crippen LogP contribution in [0.2, 0.25) is 0 Å². The number of nitrogens with zero attached hydrogens (tertiary/aromatic N) is 2. The van der Waals surface area contributed by atoms with Gasteiger partial charge >= 0.3 is 0 Å². The van der Waals surface area contributed by atoms with Crippen LogP contribution >= 0.6 is 0 Å². The van der Waals surface area contributed by atoms with Gasteiger partial charge in [0.15, 0.2) is 23.4 Å². The minimum Gasteiger partial charge on any atom is -0.485 e. The third-order valence-corrected chi connectivity index (χ3v) is 3.96. The number of hydrogen-bond acceptors (Lipinski definition) is 5. The van der Waals surface area contributed by atoms with Gasteiger partial charge in [-0.15, -0.1) is 0 Å². The highest BCUT2D eigenvalue weighted by Crippen LogP contribution is 2.35. The highest BCUT2D eigenvalue weighted by Gasteiger charge is 2.26. The second kappa shape index (κ2) is 5.00. The molecular formula is C16H17N3O2. The lowest BCUT2D eigenvalue weighted by atomic mass is 10.0. The quantitative estimate of drug-likeness (QED) is 0.867. The SMILES string of the molecule is Cc1nc(C2COc3ccccc3O2)nc2c1CCNC2. The largest absolute Gasteiger partial charge is 0.485 e. The number of ether oxygens (including phenoxy) is 2. The summed E-state index contributed by atoms with van der Waals surface area (Å²) < 4.78 is 11.7. The predicted molar refractivity (Wildman–Crippen MR) is 77.5 cm³/mol. The van der Waals surface area contributed by atoms with Crippen LogP contribution in [0.25, 0.3) is 0 Å². The Morgan fingerprint density at radius 3 is 2.95 bits per heavy atom. The molecule has 2 aliphatic rings. The summed E-state index contributed by atoms with van der Waals surface area (Å²) in [5.41, 5.74) is 3.42. The Morgan fingerprint density at radius 1 is 1.19 bits per heavy atom. The number of benzene rings is 1. The Bertz CT molecular complexity index is 687. The highest BCUT2D eigenvalue weighted by molar-refractivity contribution is 5.41. The zero-order valence-electron chi connectivity index (χ0n) is 11.9. The maximum absolute atomic E-state index is 5.99. The van der Waals surface area contributed by atoms with E-state index in [0.717, 1.165) is 42.4 Å². The normalized spacial score (nSPS) is 20.0. The lowest BCUT2D eigenvalue weighted by Crippen LogP contribution is -2.29. The van der Waals surface area contributed by atoms with Crippen molar-refractivity contribution >= 4 is 0 Å². The molecule has 0 spiro atoms. The van der Waals surface area contributed by atoms with Crippen LogP contribution < -0.4 is 14.8 Å². The average Bonchev–Trinajstić information content (AvgIpc) is 2.54. The van der Waals surface area contributed by atoms with Crippen molar-refractivity contribution < 1.29 is 9.47 Å². The van der Waals surface area contributed by atoms with Gasteiger partial charge in [0.1, 0.15) is 6.61 Å². The molecule has 0 bridgehead atoms. The number of rotatable bonds is 1. The van der Waals surface area contributed by atoms with Crippen LogP contribution in [0, 0.1) is 6.92 Å². The van der Waals surface area contributed by atoms with Crippen molar-refractivity contribution in [2.75, 3.05) is 13.2 Å². The third-order valence-electron chi connectivity index (χ3n) is 3.96. The standard InChI is InChI=1S/C16H17N3O2/c1-10-11-6-7-17-8-12(11)19-16(18-10)15-9-20-13-4-2-3-5-14(13)21-15/h2-5,15,17H,6-9H2,1H3. The maximum Gasteiger partial charge on any atom is 0.192 e. The van der Waals surface area contributed by atoms with E-state index in [1.165, 1.54) is 5.56 Å². The first-order chi connectivity index (χ1) is 10.3. The first kappa shape index (κ1) is 12.6. The molecule has 0 amide bonds. The lowest BCUT2D eigenvalue weighted by Gasteiger charge is -2.27. The number of hydrogen-bond donors (Lipinski definition) is 1. The Morgan fingerprint density at radius 2 is 2.05 bits per heavy atom. The first-order valence-electron chi connectivity index (χ1n) is 7.27. The van der Waals surface area contributed by atoms with E-state index in [4.69, 9.17) is 14.5 Å². The van der Waals surface area contributed by atoms with Gasteiger partial charge in [-0.3, -0.25) is 0 Å². The summed E-state index contributed by atoms with van der Waals surface area (Å²) in [4.78, 5) is 9.33. The molecule has 1 unspecified atom stereocenters. The number of para-hydroxylation sites is 2. The fraction of sp³-hybridized carbons (Fsp3) is 0.375. The molecule has 21 heavy (non-hydrogen) atoms. The van der Waals surface area contributed by atoms with E-state index >= 15 is 0 Å². The van der Waals surface area contributed by atoms with Crippen LogP contribution in [-0.2, 0) is 13.0 Å². The molecule has 4 rings (SSSR count). The van der Waals surface area contributed by atoms with Crippen LogP contribution in [0.1, 0.15) is 28.9 Å². The van der Waals surface area contributed by atoms with Gasteiger partial charge in [-0.05, 0) is 37.6 Å². The zero-order chi connectivity index (χ0) is 14.2. The van der Waals surface area contributed by atoms with Crippen molar-refractivity contribution in [2.45, 2.75) is 26.0 Å². The number of aromatic nitrogens is 2. The molecule has 3 heterocycles. The first-order valence-corrected chi connectivity index (χ1v) is 7.27. The fourth-order valence-electron chi connectivity index (χ4n) is 2.86. The molecule has 0 fully saturated rings. The Labute approximate surface area is 123 Å². The van der Waals surface area contributed by atoms with Crippen LogP contribution in [-0.4, -0.2) is 23.1 Å². The van der Waals surface area contributed by atoms with Gasteiger partial charge in [-0.2, -0.15) is 0 Å².